The maximum Gasteiger partial charge on any atom is 0.258 e. The van der Waals surface area contributed by atoms with Crippen molar-refractivity contribution in [2.75, 3.05) is 32.9 Å². The summed E-state index contributed by atoms with van der Waals surface area (Å²) in [5.41, 5.74) is 8.45. The summed E-state index contributed by atoms with van der Waals surface area (Å²) in [4.78, 5) is 12.9. The molecule has 0 spiro atoms. The third-order valence-corrected chi connectivity index (χ3v) is 5.78. The molecule has 1 atom stereocenters. The van der Waals surface area contributed by atoms with Gasteiger partial charge in [0.05, 0.1) is 40.7 Å². The van der Waals surface area contributed by atoms with Crippen molar-refractivity contribution in [1.29, 1.82) is 0 Å². The first-order valence-corrected chi connectivity index (χ1v) is 11.3. The first-order valence-electron chi connectivity index (χ1n) is 10.9. The van der Waals surface area contributed by atoms with Crippen molar-refractivity contribution >= 4 is 23.4 Å². The molecule has 188 valence electrons. The molecule has 1 amide bonds. The Labute approximate surface area is 209 Å². The van der Waals surface area contributed by atoms with Crippen LogP contribution in [-0.2, 0) is 4.79 Å². The average molecular weight is 504 g/mol. The van der Waals surface area contributed by atoms with E-state index in [0.29, 0.717) is 57.6 Å². The topological polar surface area (TPSA) is 109 Å². The molecule has 0 aliphatic rings. The summed E-state index contributed by atoms with van der Waals surface area (Å²) in [6.45, 7) is 3.98. The Bertz CT molecular complexity index is 1150. The zero-order valence-electron chi connectivity index (χ0n) is 20.6. The van der Waals surface area contributed by atoms with E-state index in [2.05, 4.69) is 5.16 Å². The van der Waals surface area contributed by atoms with E-state index in [1.807, 2.05) is 19.9 Å². The van der Waals surface area contributed by atoms with E-state index < -0.39 is 11.9 Å². The van der Waals surface area contributed by atoms with E-state index in [4.69, 9.17) is 41.0 Å². The Hall–Kier alpha value is -3.43. The van der Waals surface area contributed by atoms with Crippen molar-refractivity contribution in [3.8, 4) is 45.4 Å². The second kappa shape index (κ2) is 11.3. The normalized spacial score (nSPS) is 11.8. The van der Waals surface area contributed by atoms with Gasteiger partial charge in [-0.15, -0.1) is 0 Å². The Kier molecular flexibility index (Phi) is 8.48. The molecule has 3 rings (SSSR count). The minimum atomic E-state index is -0.744. The van der Waals surface area contributed by atoms with E-state index >= 15 is 0 Å². The molecule has 9 nitrogen and oxygen atoms in total. The highest BCUT2D eigenvalue weighted by molar-refractivity contribution is 6.37. The number of aromatic nitrogens is 1. The molecule has 0 radical (unpaired) electrons. The standard InChI is InChI=1S/C25H30ClN3O6/c1-14(2)9-18(27)25(30)29(26)19-10-15(7-8-20(19)31-3)17-13-28-35-23(17)16-11-21(32-4)24(34-6)22(12-16)33-5/h7-8,10-14,18H,9,27H2,1-6H3. The second-order valence-corrected chi connectivity index (χ2v) is 8.56. The van der Waals surface area contributed by atoms with Crippen molar-refractivity contribution in [2.45, 2.75) is 26.3 Å². The van der Waals surface area contributed by atoms with Crippen LogP contribution in [0.5, 0.6) is 23.0 Å². The summed E-state index contributed by atoms with van der Waals surface area (Å²) in [6, 6.07) is 8.04. The number of halogens is 1. The maximum absolute atomic E-state index is 12.9. The van der Waals surface area contributed by atoms with Crippen molar-refractivity contribution in [1.82, 2.24) is 5.16 Å². The molecule has 2 N–H and O–H groups in total. The Morgan fingerprint density at radius 1 is 1.00 bits per heavy atom. The van der Waals surface area contributed by atoms with Crippen LogP contribution in [0.4, 0.5) is 5.69 Å². The third kappa shape index (κ3) is 5.47. The number of rotatable bonds is 10. The zero-order valence-corrected chi connectivity index (χ0v) is 21.4. The Morgan fingerprint density at radius 2 is 1.63 bits per heavy atom. The number of ether oxygens (including phenoxy) is 4. The monoisotopic (exact) mass is 503 g/mol. The van der Waals surface area contributed by atoms with Crippen molar-refractivity contribution < 1.29 is 28.3 Å². The number of amides is 1. The number of hydrogen-bond donors (Lipinski definition) is 1. The summed E-state index contributed by atoms with van der Waals surface area (Å²) in [5, 5.41) is 3.99. The average Bonchev–Trinajstić information content (AvgIpc) is 3.36. The summed E-state index contributed by atoms with van der Waals surface area (Å²) < 4.78 is 28.4. The molecule has 0 fully saturated rings. The van der Waals surface area contributed by atoms with Gasteiger partial charge < -0.3 is 29.2 Å². The van der Waals surface area contributed by atoms with Crippen LogP contribution in [-0.4, -0.2) is 45.5 Å². The molecule has 3 aromatic rings. The van der Waals surface area contributed by atoms with Gasteiger partial charge in [0.15, 0.2) is 17.3 Å². The highest BCUT2D eigenvalue weighted by Crippen LogP contribution is 2.44. The lowest BCUT2D eigenvalue weighted by Crippen LogP contribution is -2.40. The molecular weight excluding hydrogens is 474 g/mol. The second-order valence-electron chi connectivity index (χ2n) is 8.22. The number of hydrogen-bond acceptors (Lipinski definition) is 8. The summed E-state index contributed by atoms with van der Waals surface area (Å²) in [7, 11) is 6.11. The SMILES string of the molecule is COc1ccc(-c2cnoc2-c2cc(OC)c(OC)c(OC)c2)cc1N(Cl)C(=O)C(N)CC(C)C. The van der Waals surface area contributed by atoms with E-state index in [1.165, 1.54) is 28.4 Å². The number of benzene rings is 2. The van der Waals surface area contributed by atoms with Crippen LogP contribution >= 0.6 is 11.8 Å². The number of carbonyl (C=O) groups excluding carboxylic acids is 1. The summed E-state index contributed by atoms with van der Waals surface area (Å²) in [6.07, 6.45) is 2.08. The molecule has 0 aliphatic heterocycles. The molecule has 1 unspecified atom stereocenters. The fourth-order valence-corrected chi connectivity index (χ4v) is 4.01. The molecule has 0 saturated carbocycles. The van der Waals surface area contributed by atoms with E-state index in [0.717, 1.165) is 4.42 Å². The lowest BCUT2D eigenvalue weighted by atomic mass is 10.0. The maximum atomic E-state index is 12.9. The smallest absolute Gasteiger partial charge is 0.258 e. The van der Waals surface area contributed by atoms with Gasteiger partial charge in [-0.25, -0.2) is 4.42 Å². The van der Waals surface area contributed by atoms with Gasteiger partial charge in [0.1, 0.15) is 11.4 Å². The first kappa shape index (κ1) is 26.2. The van der Waals surface area contributed by atoms with Crippen molar-refractivity contribution in [3.05, 3.63) is 36.5 Å². The molecule has 1 heterocycles. The minimum Gasteiger partial charge on any atom is -0.495 e. The minimum absolute atomic E-state index is 0.241. The zero-order chi connectivity index (χ0) is 25.7. The van der Waals surface area contributed by atoms with Crippen molar-refractivity contribution in [3.63, 3.8) is 0 Å². The quantitative estimate of drug-likeness (QED) is 0.389. The largest absolute Gasteiger partial charge is 0.495 e. The molecule has 10 heteroatoms. The number of carbonyl (C=O) groups is 1. The Balaban J connectivity index is 2.07. The number of nitrogens with zero attached hydrogens (tertiary/aromatic N) is 2. The van der Waals surface area contributed by atoms with Crippen LogP contribution in [0.15, 0.2) is 41.1 Å². The number of methoxy groups -OCH3 is 4. The highest BCUT2D eigenvalue weighted by Gasteiger charge is 2.26. The summed E-state index contributed by atoms with van der Waals surface area (Å²) in [5.74, 6) is 2.09. The van der Waals surface area contributed by atoms with Crippen LogP contribution in [0.2, 0.25) is 0 Å². The fraction of sp³-hybridized carbons (Fsp3) is 0.360. The van der Waals surface area contributed by atoms with Gasteiger partial charge >= 0.3 is 0 Å². The van der Waals surface area contributed by atoms with Crippen LogP contribution in [0.3, 0.4) is 0 Å². The predicted octanol–water partition coefficient (Wildman–Crippen LogP) is 4.90. The lowest BCUT2D eigenvalue weighted by Gasteiger charge is -2.22. The van der Waals surface area contributed by atoms with Gasteiger partial charge in [-0.2, -0.15) is 0 Å². The number of nitrogens with two attached hydrogens (primary N) is 1. The van der Waals surface area contributed by atoms with Crippen molar-refractivity contribution in [2.24, 2.45) is 11.7 Å². The van der Waals surface area contributed by atoms with Gasteiger partial charge in [0, 0.05) is 22.9 Å². The first-order chi connectivity index (χ1) is 16.7. The number of anilines is 1. The molecule has 1 aromatic heterocycles. The highest BCUT2D eigenvalue weighted by atomic mass is 35.5. The van der Waals surface area contributed by atoms with Crippen LogP contribution in [0, 0.1) is 5.92 Å². The van der Waals surface area contributed by atoms with Gasteiger partial charge in [0.2, 0.25) is 5.75 Å². The Morgan fingerprint density at radius 3 is 2.17 bits per heavy atom. The van der Waals surface area contributed by atoms with Crippen LogP contribution in [0.25, 0.3) is 22.5 Å². The molecular formula is C25H30ClN3O6. The third-order valence-electron chi connectivity index (χ3n) is 5.43. The van der Waals surface area contributed by atoms with Gasteiger partial charge in [0.25, 0.3) is 5.91 Å². The molecule has 0 aliphatic carbocycles. The lowest BCUT2D eigenvalue weighted by molar-refractivity contribution is -0.119. The fourth-order valence-electron chi connectivity index (χ4n) is 3.75. The van der Waals surface area contributed by atoms with E-state index in [9.17, 15) is 4.79 Å². The van der Waals surface area contributed by atoms with Gasteiger partial charge in [-0.3, -0.25) is 4.79 Å². The van der Waals surface area contributed by atoms with Crippen LogP contribution < -0.4 is 29.1 Å². The predicted molar refractivity (Wildman–Crippen MR) is 134 cm³/mol. The molecule has 35 heavy (non-hydrogen) atoms. The molecule has 0 bridgehead atoms. The summed E-state index contributed by atoms with van der Waals surface area (Å²) >= 11 is 6.46. The van der Waals surface area contributed by atoms with E-state index in [-0.39, 0.29) is 5.92 Å². The molecule has 2 aromatic carbocycles. The molecule has 0 saturated heterocycles. The van der Waals surface area contributed by atoms with E-state index in [1.54, 1.807) is 30.5 Å². The van der Waals surface area contributed by atoms with Gasteiger partial charge in [-0.1, -0.05) is 25.1 Å². The van der Waals surface area contributed by atoms with Gasteiger partial charge in [-0.05, 0) is 42.2 Å². The van der Waals surface area contributed by atoms with Crippen LogP contribution in [0.1, 0.15) is 20.3 Å².